The van der Waals surface area contributed by atoms with Crippen molar-refractivity contribution in [2.75, 3.05) is 13.1 Å². The number of nitrogens with one attached hydrogen (secondary N) is 1. The molecular weight excluding hydrogens is 330 g/mol. The van der Waals surface area contributed by atoms with Crippen LogP contribution < -0.4 is 5.32 Å². The lowest BCUT2D eigenvalue weighted by atomic mass is 9.76. The van der Waals surface area contributed by atoms with Crippen LogP contribution >= 0.6 is 0 Å². The number of rotatable bonds is 2. The summed E-state index contributed by atoms with van der Waals surface area (Å²) in [5.74, 6) is -0.422. The van der Waals surface area contributed by atoms with Crippen LogP contribution in [0.4, 0.5) is 4.79 Å². The molecule has 1 aromatic rings. The Hall–Kier alpha value is -2.37. The number of imide groups is 1. The minimum absolute atomic E-state index is 0.137. The van der Waals surface area contributed by atoms with Crippen LogP contribution in [0.1, 0.15) is 50.2 Å². The second kappa shape index (κ2) is 6.41. The average molecular weight is 355 g/mol. The predicted molar refractivity (Wildman–Crippen MR) is 96.3 cm³/mol. The smallest absolute Gasteiger partial charge is 0.325 e. The fraction of sp³-hybridized carbons (Fsp3) is 0.550. The second-order valence-electron chi connectivity index (χ2n) is 7.67. The lowest BCUT2D eigenvalue weighted by molar-refractivity contribution is -0.141. The molecule has 3 aliphatic rings. The number of benzene rings is 1. The number of fused-ring (bicyclic) bond motifs is 2. The van der Waals surface area contributed by atoms with E-state index in [1.54, 1.807) is 0 Å². The molecule has 2 aliphatic heterocycles. The van der Waals surface area contributed by atoms with Crippen LogP contribution in [0.2, 0.25) is 0 Å². The van der Waals surface area contributed by atoms with Crippen LogP contribution in [0.25, 0.3) is 0 Å². The highest BCUT2D eigenvalue weighted by Crippen LogP contribution is 2.39. The summed E-state index contributed by atoms with van der Waals surface area (Å²) < 4.78 is 0. The van der Waals surface area contributed by atoms with E-state index in [1.807, 2.05) is 36.1 Å². The first-order chi connectivity index (χ1) is 12.5. The van der Waals surface area contributed by atoms with Gasteiger partial charge in [0.05, 0.1) is 0 Å². The molecule has 2 heterocycles. The van der Waals surface area contributed by atoms with E-state index in [0.717, 1.165) is 48.1 Å². The minimum Gasteiger partial charge on any atom is -0.338 e. The number of piperidine rings is 1. The molecule has 2 saturated heterocycles. The molecule has 4 rings (SSSR count). The van der Waals surface area contributed by atoms with Gasteiger partial charge in [-0.3, -0.25) is 14.5 Å². The number of hydrogen-bond acceptors (Lipinski definition) is 3. The number of carbonyl (C=O) groups excluding carboxylic acids is 3. The quantitative estimate of drug-likeness (QED) is 0.827. The largest absolute Gasteiger partial charge is 0.338 e. The van der Waals surface area contributed by atoms with Crippen molar-refractivity contribution in [2.45, 2.75) is 57.0 Å². The number of hydrogen-bond donors (Lipinski definition) is 1. The average Bonchev–Trinajstić information content (AvgIpc) is 2.87. The number of urea groups is 1. The summed E-state index contributed by atoms with van der Waals surface area (Å²) in [6.07, 6.45) is 5.41. The van der Waals surface area contributed by atoms with E-state index in [-0.39, 0.29) is 24.4 Å². The van der Waals surface area contributed by atoms with Crippen molar-refractivity contribution in [1.29, 1.82) is 0 Å². The maximum atomic E-state index is 13.2. The van der Waals surface area contributed by atoms with E-state index in [1.165, 1.54) is 0 Å². The highest BCUT2D eigenvalue weighted by molar-refractivity contribution is 6.09. The van der Waals surface area contributed by atoms with Crippen LogP contribution in [0.5, 0.6) is 0 Å². The van der Waals surface area contributed by atoms with Gasteiger partial charge < -0.3 is 10.2 Å². The summed E-state index contributed by atoms with van der Waals surface area (Å²) in [5.41, 5.74) is 0.982. The molecule has 0 bridgehead atoms. The van der Waals surface area contributed by atoms with E-state index in [9.17, 15) is 14.4 Å². The van der Waals surface area contributed by atoms with Gasteiger partial charge >= 0.3 is 6.03 Å². The molecule has 138 valence electrons. The normalized spacial score (nSPS) is 28.3. The van der Waals surface area contributed by atoms with Gasteiger partial charge in [0.15, 0.2) is 0 Å². The lowest BCUT2D eigenvalue weighted by Gasteiger charge is -2.35. The SMILES string of the molecule is CC1CCCCN1C(=O)CN1C(=O)NC2(CCCc3ccccc32)C1=O. The number of amides is 4. The second-order valence-corrected chi connectivity index (χ2v) is 7.67. The molecule has 1 spiro atoms. The topological polar surface area (TPSA) is 69.7 Å². The van der Waals surface area contributed by atoms with Crippen molar-refractivity contribution in [3.63, 3.8) is 0 Å². The molecule has 2 atom stereocenters. The molecule has 6 nitrogen and oxygen atoms in total. The van der Waals surface area contributed by atoms with Gasteiger partial charge in [-0.15, -0.1) is 0 Å². The van der Waals surface area contributed by atoms with Crippen molar-refractivity contribution in [3.05, 3.63) is 35.4 Å². The Labute approximate surface area is 153 Å². The predicted octanol–water partition coefficient (Wildman–Crippen LogP) is 2.17. The summed E-state index contributed by atoms with van der Waals surface area (Å²) >= 11 is 0. The summed E-state index contributed by atoms with van der Waals surface area (Å²) in [6, 6.07) is 7.50. The standard InChI is InChI=1S/C20H25N3O3/c1-14-7-4-5-12-22(14)17(24)13-23-18(25)20(21-19(23)26)11-6-9-15-8-2-3-10-16(15)20/h2-3,8,10,14H,4-7,9,11-13H2,1H3,(H,21,26). The monoisotopic (exact) mass is 355 g/mol. The fourth-order valence-corrected chi connectivity index (χ4v) is 4.65. The Morgan fingerprint density at radius 1 is 1.23 bits per heavy atom. The third-order valence-corrected chi connectivity index (χ3v) is 6.07. The van der Waals surface area contributed by atoms with E-state index in [0.29, 0.717) is 13.0 Å². The summed E-state index contributed by atoms with van der Waals surface area (Å²) in [4.78, 5) is 41.5. The van der Waals surface area contributed by atoms with Gasteiger partial charge in [-0.25, -0.2) is 4.79 Å². The third kappa shape index (κ3) is 2.59. The van der Waals surface area contributed by atoms with Gasteiger partial charge in [0.25, 0.3) is 5.91 Å². The maximum Gasteiger partial charge on any atom is 0.325 e. The van der Waals surface area contributed by atoms with Gasteiger partial charge in [-0.2, -0.15) is 0 Å². The van der Waals surface area contributed by atoms with Crippen molar-refractivity contribution >= 4 is 17.8 Å². The maximum absolute atomic E-state index is 13.2. The first-order valence-corrected chi connectivity index (χ1v) is 9.55. The van der Waals surface area contributed by atoms with Gasteiger partial charge in [-0.1, -0.05) is 24.3 Å². The molecule has 2 unspecified atom stereocenters. The van der Waals surface area contributed by atoms with Crippen molar-refractivity contribution in [2.24, 2.45) is 0 Å². The van der Waals surface area contributed by atoms with Gasteiger partial charge in [-0.05, 0) is 56.6 Å². The van der Waals surface area contributed by atoms with E-state index < -0.39 is 11.6 Å². The zero-order valence-electron chi connectivity index (χ0n) is 15.2. The fourth-order valence-electron chi connectivity index (χ4n) is 4.65. The first kappa shape index (κ1) is 17.1. The Morgan fingerprint density at radius 3 is 2.85 bits per heavy atom. The molecule has 1 aliphatic carbocycles. The third-order valence-electron chi connectivity index (χ3n) is 6.07. The number of likely N-dealkylation sites (tertiary alicyclic amines) is 1. The molecule has 1 N–H and O–H groups in total. The van der Waals surface area contributed by atoms with E-state index in [2.05, 4.69) is 5.32 Å². The van der Waals surface area contributed by atoms with Crippen LogP contribution in [0.15, 0.2) is 24.3 Å². The number of nitrogens with zero attached hydrogens (tertiary/aromatic N) is 2. The number of aryl methyl sites for hydroxylation is 1. The van der Waals surface area contributed by atoms with E-state index >= 15 is 0 Å². The Kier molecular flexibility index (Phi) is 4.21. The van der Waals surface area contributed by atoms with Crippen molar-refractivity contribution < 1.29 is 14.4 Å². The Balaban J connectivity index is 1.58. The summed E-state index contributed by atoms with van der Waals surface area (Å²) in [6.45, 7) is 2.57. The van der Waals surface area contributed by atoms with Crippen molar-refractivity contribution in [3.8, 4) is 0 Å². The zero-order chi connectivity index (χ0) is 18.3. The van der Waals surface area contributed by atoms with Crippen molar-refractivity contribution in [1.82, 2.24) is 15.1 Å². The summed E-state index contributed by atoms with van der Waals surface area (Å²) in [5, 5.41) is 2.91. The highest BCUT2D eigenvalue weighted by Gasteiger charge is 2.54. The molecule has 0 saturated carbocycles. The van der Waals surface area contributed by atoms with Gasteiger partial charge in [0.2, 0.25) is 5.91 Å². The minimum atomic E-state index is -1.00. The Bertz CT molecular complexity index is 762. The molecule has 1 aromatic carbocycles. The van der Waals surface area contributed by atoms with E-state index in [4.69, 9.17) is 0 Å². The van der Waals surface area contributed by atoms with Crippen LogP contribution in [-0.2, 0) is 21.5 Å². The molecule has 4 amide bonds. The lowest BCUT2D eigenvalue weighted by Crippen LogP contribution is -2.49. The molecular formula is C20H25N3O3. The molecule has 2 fully saturated rings. The zero-order valence-corrected chi connectivity index (χ0v) is 15.2. The molecule has 0 radical (unpaired) electrons. The van der Waals surface area contributed by atoms with Crippen LogP contribution in [0.3, 0.4) is 0 Å². The van der Waals surface area contributed by atoms with Crippen LogP contribution in [0, 0.1) is 0 Å². The number of carbonyl (C=O) groups is 3. The highest BCUT2D eigenvalue weighted by atomic mass is 16.2. The summed E-state index contributed by atoms with van der Waals surface area (Å²) in [7, 11) is 0. The first-order valence-electron chi connectivity index (χ1n) is 9.55. The molecule has 26 heavy (non-hydrogen) atoms. The van der Waals surface area contributed by atoms with Gasteiger partial charge in [0, 0.05) is 12.6 Å². The molecule has 0 aromatic heterocycles. The van der Waals surface area contributed by atoms with Crippen LogP contribution in [-0.4, -0.2) is 46.8 Å². The van der Waals surface area contributed by atoms with Gasteiger partial charge in [0.1, 0.15) is 12.1 Å². The molecule has 6 heteroatoms. The Morgan fingerprint density at radius 2 is 2.04 bits per heavy atom.